The Bertz CT molecular complexity index is 412. The number of ether oxygens (including phenoxy) is 1. The molecule has 1 saturated heterocycles. The second-order valence-corrected chi connectivity index (χ2v) is 4.71. The van der Waals surface area contributed by atoms with Crippen LogP contribution in [0.3, 0.4) is 0 Å². The Morgan fingerprint density at radius 3 is 3.05 bits per heavy atom. The van der Waals surface area contributed by atoms with Gasteiger partial charge < -0.3 is 15.8 Å². The van der Waals surface area contributed by atoms with Crippen molar-refractivity contribution in [3.63, 3.8) is 0 Å². The van der Waals surface area contributed by atoms with Gasteiger partial charge in [0, 0.05) is 25.2 Å². The van der Waals surface area contributed by atoms with Crippen LogP contribution in [0.4, 0.5) is 11.6 Å². The zero-order valence-corrected chi connectivity index (χ0v) is 11.7. The first kappa shape index (κ1) is 14.0. The molecule has 2 rings (SSSR count). The van der Waals surface area contributed by atoms with E-state index in [0.29, 0.717) is 5.82 Å². The molecule has 0 saturated carbocycles. The van der Waals surface area contributed by atoms with Gasteiger partial charge in [-0.15, -0.1) is 0 Å². The molecule has 1 atom stereocenters. The van der Waals surface area contributed by atoms with Gasteiger partial charge in [-0.3, -0.25) is 4.90 Å². The minimum absolute atomic E-state index is 0.203. The number of hydrogen-bond acceptors (Lipinski definition) is 6. The standard InChI is InChI=1S/C13H23N5O/c1-3-11-12(14)16-9-17-13(11)15-7-10-8-18(4-2)5-6-19-10/h9-10H,3-8H2,1-2H3,(H3,14,15,16,17). The van der Waals surface area contributed by atoms with Crippen LogP contribution in [0.5, 0.6) is 0 Å². The van der Waals surface area contributed by atoms with Crippen molar-refractivity contribution in [3.05, 3.63) is 11.9 Å². The SMILES string of the molecule is CCc1c(N)ncnc1NCC1CN(CC)CCO1. The summed E-state index contributed by atoms with van der Waals surface area (Å²) in [6.45, 7) is 8.83. The normalized spacial score (nSPS) is 20.4. The molecule has 6 heteroatoms. The summed E-state index contributed by atoms with van der Waals surface area (Å²) in [7, 11) is 0. The van der Waals surface area contributed by atoms with Crippen molar-refractivity contribution in [3.8, 4) is 0 Å². The van der Waals surface area contributed by atoms with Gasteiger partial charge in [0.15, 0.2) is 0 Å². The zero-order valence-electron chi connectivity index (χ0n) is 11.7. The molecule has 0 aromatic carbocycles. The van der Waals surface area contributed by atoms with E-state index < -0.39 is 0 Å². The van der Waals surface area contributed by atoms with Crippen LogP contribution < -0.4 is 11.1 Å². The van der Waals surface area contributed by atoms with Crippen LogP contribution in [0.25, 0.3) is 0 Å². The van der Waals surface area contributed by atoms with Crippen molar-refractivity contribution in [2.45, 2.75) is 26.4 Å². The van der Waals surface area contributed by atoms with Crippen molar-refractivity contribution < 1.29 is 4.74 Å². The third-order valence-electron chi connectivity index (χ3n) is 3.50. The zero-order chi connectivity index (χ0) is 13.7. The largest absolute Gasteiger partial charge is 0.383 e. The fourth-order valence-corrected chi connectivity index (χ4v) is 2.33. The smallest absolute Gasteiger partial charge is 0.134 e. The Kier molecular flexibility index (Phi) is 4.93. The summed E-state index contributed by atoms with van der Waals surface area (Å²) in [5.41, 5.74) is 6.83. The lowest BCUT2D eigenvalue weighted by Gasteiger charge is -2.32. The van der Waals surface area contributed by atoms with Crippen LogP contribution in [-0.2, 0) is 11.2 Å². The Morgan fingerprint density at radius 1 is 1.47 bits per heavy atom. The Labute approximate surface area is 114 Å². The quantitative estimate of drug-likeness (QED) is 0.818. The van der Waals surface area contributed by atoms with E-state index in [1.54, 1.807) is 0 Å². The molecule has 0 amide bonds. The third-order valence-corrected chi connectivity index (χ3v) is 3.50. The van der Waals surface area contributed by atoms with E-state index >= 15 is 0 Å². The van der Waals surface area contributed by atoms with Crippen molar-refractivity contribution in [1.29, 1.82) is 0 Å². The lowest BCUT2D eigenvalue weighted by molar-refractivity contribution is -0.0192. The average Bonchev–Trinajstić information content (AvgIpc) is 2.45. The van der Waals surface area contributed by atoms with Crippen molar-refractivity contribution in [2.75, 3.05) is 43.8 Å². The molecular formula is C13H23N5O. The average molecular weight is 265 g/mol. The number of nitrogens with zero attached hydrogens (tertiary/aromatic N) is 3. The van der Waals surface area contributed by atoms with Gasteiger partial charge >= 0.3 is 0 Å². The second kappa shape index (κ2) is 6.68. The lowest BCUT2D eigenvalue weighted by atomic mass is 10.2. The number of nitrogens with two attached hydrogens (primary N) is 1. The number of anilines is 2. The highest BCUT2D eigenvalue weighted by Crippen LogP contribution is 2.17. The number of hydrogen-bond donors (Lipinski definition) is 2. The molecule has 106 valence electrons. The van der Waals surface area contributed by atoms with Gasteiger partial charge in [-0.1, -0.05) is 13.8 Å². The van der Waals surface area contributed by atoms with Crippen LogP contribution in [0.2, 0.25) is 0 Å². The molecule has 0 spiro atoms. The second-order valence-electron chi connectivity index (χ2n) is 4.71. The summed E-state index contributed by atoms with van der Waals surface area (Å²) in [6.07, 6.45) is 2.52. The fourth-order valence-electron chi connectivity index (χ4n) is 2.33. The minimum atomic E-state index is 0.203. The number of morpholine rings is 1. The molecule has 6 nitrogen and oxygen atoms in total. The molecule has 0 aliphatic carbocycles. The van der Waals surface area contributed by atoms with Gasteiger partial charge in [0.1, 0.15) is 18.0 Å². The summed E-state index contributed by atoms with van der Waals surface area (Å²) in [6, 6.07) is 0. The van der Waals surface area contributed by atoms with Crippen molar-refractivity contribution in [2.24, 2.45) is 0 Å². The van der Waals surface area contributed by atoms with Gasteiger partial charge in [-0.05, 0) is 13.0 Å². The molecule has 1 aromatic heterocycles. The molecule has 1 unspecified atom stereocenters. The summed E-state index contributed by atoms with van der Waals surface area (Å²) in [4.78, 5) is 10.7. The van der Waals surface area contributed by atoms with E-state index in [4.69, 9.17) is 10.5 Å². The molecule has 19 heavy (non-hydrogen) atoms. The molecule has 0 radical (unpaired) electrons. The minimum Gasteiger partial charge on any atom is -0.383 e. The first-order valence-electron chi connectivity index (χ1n) is 6.91. The molecule has 2 heterocycles. The topological polar surface area (TPSA) is 76.3 Å². The van der Waals surface area contributed by atoms with E-state index in [0.717, 1.165) is 50.6 Å². The van der Waals surface area contributed by atoms with E-state index in [9.17, 15) is 0 Å². The van der Waals surface area contributed by atoms with Gasteiger partial charge in [-0.25, -0.2) is 9.97 Å². The summed E-state index contributed by atoms with van der Waals surface area (Å²) >= 11 is 0. The number of likely N-dealkylation sites (N-methyl/N-ethyl adjacent to an activating group) is 1. The van der Waals surface area contributed by atoms with Crippen molar-refractivity contribution >= 4 is 11.6 Å². The summed E-state index contributed by atoms with van der Waals surface area (Å²) in [5.74, 6) is 1.38. The number of rotatable bonds is 5. The predicted molar refractivity (Wildman–Crippen MR) is 76.2 cm³/mol. The van der Waals surface area contributed by atoms with Crippen LogP contribution in [0, 0.1) is 0 Å². The first-order valence-corrected chi connectivity index (χ1v) is 6.91. The Hall–Kier alpha value is -1.40. The summed E-state index contributed by atoms with van der Waals surface area (Å²) < 4.78 is 5.76. The highest BCUT2D eigenvalue weighted by molar-refractivity contribution is 5.54. The van der Waals surface area contributed by atoms with Crippen LogP contribution in [0.15, 0.2) is 6.33 Å². The fraction of sp³-hybridized carbons (Fsp3) is 0.692. The molecule has 1 aliphatic rings. The van der Waals surface area contributed by atoms with E-state index in [1.165, 1.54) is 6.33 Å². The van der Waals surface area contributed by atoms with Gasteiger partial charge in [0.25, 0.3) is 0 Å². The first-order chi connectivity index (χ1) is 9.24. The molecule has 1 fully saturated rings. The number of nitrogens with one attached hydrogen (secondary N) is 1. The lowest BCUT2D eigenvalue weighted by Crippen LogP contribution is -2.45. The number of nitrogen functional groups attached to an aromatic ring is 1. The maximum atomic E-state index is 5.85. The van der Waals surface area contributed by atoms with Gasteiger partial charge in [-0.2, -0.15) is 0 Å². The highest BCUT2D eigenvalue weighted by Gasteiger charge is 2.19. The van der Waals surface area contributed by atoms with E-state index in [1.807, 2.05) is 0 Å². The Balaban J connectivity index is 1.93. The molecule has 1 aromatic rings. The van der Waals surface area contributed by atoms with E-state index in [2.05, 4.69) is 34.0 Å². The van der Waals surface area contributed by atoms with Crippen LogP contribution in [-0.4, -0.2) is 53.8 Å². The van der Waals surface area contributed by atoms with Crippen molar-refractivity contribution in [1.82, 2.24) is 14.9 Å². The van der Waals surface area contributed by atoms with Crippen LogP contribution >= 0.6 is 0 Å². The van der Waals surface area contributed by atoms with Gasteiger partial charge in [0.05, 0.1) is 12.7 Å². The highest BCUT2D eigenvalue weighted by atomic mass is 16.5. The maximum Gasteiger partial charge on any atom is 0.134 e. The summed E-state index contributed by atoms with van der Waals surface area (Å²) in [5, 5.41) is 3.34. The number of aromatic nitrogens is 2. The molecule has 0 bridgehead atoms. The molecule has 3 N–H and O–H groups in total. The van der Waals surface area contributed by atoms with Crippen LogP contribution in [0.1, 0.15) is 19.4 Å². The Morgan fingerprint density at radius 2 is 2.32 bits per heavy atom. The van der Waals surface area contributed by atoms with Gasteiger partial charge in [0.2, 0.25) is 0 Å². The predicted octanol–water partition coefficient (Wildman–Crippen LogP) is 0.754. The monoisotopic (exact) mass is 265 g/mol. The third kappa shape index (κ3) is 3.54. The maximum absolute atomic E-state index is 5.85. The van der Waals surface area contributed by atoms with E-state index in [-0.39, 0.29) is 6.10 Å². The molecular weight excluding hydrogens is 242 g/mol. The molecule has 1 aliphatic heterocycles.